The van der Waals surface area contributed by atoms with Crippen LogP contribution < -0.4 is 10.6 Å². The first kappa shape index (κ1) is 18.8. The number of halogens is 1. The first-order chi connectivity index (χ1) is 10.1. The number of carbonyl (C=O) groups is 2. The number of nitrogens with one attached hydrogen (secondary N) is 2. The molecule has 0 saturated carbocycles. The largest absolute Gasteiger partial charge is 0.360 e. The number of rotatable bonds is 5. The molecule has 124 valence electrons. The number of amides is 2. The van der Waals surface area contributed by atoms with Crippen LogP contribution in [0.25, 0.3) is 0 Å². The average Bonchev–Trinajstić information content (AvgIpc) is 2.84. The van der Waals surface area contributed by atoms with Crippen molar-refractivity contribution in [2.24, 2.45) is 0 Å². The van der Waals surface area contributed by atoms with Gasteiger partial charge in [0.15, 0.2) is 5.82 Å². The molecule has 1 aliphatic rings. The summed E-state index contributed by atoms with van der Waals surface area (Å²) in [6, 6.07) is 1.86. The van der Waals surface area contributed by atoms with Gasteiger partial charge in [0.1, 0.15) is 5.76 Å². The van der Waals surface area contributed by atoms with Gasteiger partial charge < -0.3 is 20.1 Å². The molecule has 1 unspecified atom stereocenters. The monoisotopic (exact) mass is 348 g/mol. The third kappa shape index (κ3) is 5.51. The van der Waals surface area contributed by atoms with Gasteiger partial charge in [-0.3, -0.25) is 9.59 Å². The van der Waals surface area contributed by atoms with Gasteiger partial charge in [0.2, 0.25) is 11.8 Å². The highest BCUT2D eigenvalue weighted by molar-refractivity contribution is 8.00. The van der Waals surface area contributed by atoms with Crippen LogP contribution in [0.15, 0.2) is 10.6 Å². The Hall–Kier alpha value is -1.25. The summed E-state index contributed by atoms with van der Waals surface area (Å²) < 4.78 is 4.86. The molecule has 2 amide bonds. The van der Waals surface area contributed by atoms with E-state index in [0.717, 1.165) is 19.6 Å². The molecule has 1 fully saturated rings. The quantitative estimate of drug-likeness (QED) is 0.822. The molecule has 2 rings (SSSR count). The lowest BCUT2D eigenvalue weighted by Gasteiger charge is -2.33. The number of aromatic nitrogens is 1. The van der Waals surface area contributed by atoms with Gasteiger partial charge in [0.05, 0.1) is 11.5 Å². The molecule has 1 aromatic rings. The number of carbonyl (C=O) groups excluding carboxylic acids is 2. The summed E-state index contributed by atoms with van der Waals surface area (Å²) in [5, 5.41) is 9.55. The fraction of sp³-hybridized carbons (Fsp3) is 0.615. The Labute approximate surface area is 139 Å². The Balaban J connectivity index is 0.00000242. The van der Waals surface area contributed by atoms with Gasteiger partial charge in [-0.15, -0.1) is 24.2 Å². The smallest absolute Gasteiger partial charge is 0.235 e. The van der Waals surface area contributed by atoms with Crippen molar-refractivity contribution >= 4 is 41.8 Å². The van der Waals surface area contributed by atoms with Gasteiger partial charge in [-0.1, -0.05) is 5.16 Å². The maximum absolute atomic E-state index is 12.1. The number of anilines is 1. The van der Waals surface area contributed by atoms with Crippen molar-refractivity contribution in [2.45, 2.75) is 19.9 Å². The molecule has 22 heavy (non-hydrogen) atoms. The van der Waals surface area contributed by atoms with Gasteiger partial charge >= 0.3 is 0 Å². The minimum absolute atomic E-state index is 0. The van der Waals surface area contributed by atoms with Crippen LogP contribution in [0.2, 0.25) is 0 Å². The van der Waals surface area contributed by atoms with Crippen molar-refractivity contribution in [1.82, 2.24) is 15.4 Å². The average molecular weight is 349 g/mol. The van der Waals surface area contributed by atoms with Crippen LogP contribution in [0.1, 0.15) is 12.7 Å². The molecule has 0 bridgehead atoms. The Morgan fingerprint density at radius 1 is 1.55 bits per heavy atom. The van der Waals surface area contributed by atoms with Gasteiger partial charge in [-0.25, -0.2) is 0 Å². The molecule has 0 spiro atoms. The summed E-state index contributed by atoms with van der Waals surface area (Å²) in [4.78, 5) is 25.6. The molecular weight excluding hydrogens is 328 g/mol. The zero-order valence-corrected chi connectivity index (χ0v) is 14.3. The van der Waals surface area contributed by atoms with Crippen molar-refractivity contribution in [2.75, 3.05) is 36.5 Å². The summed E-state index contributed by atoms with van der Waals surface area (Å²) in [5.41, 5.74) is 0. The maximum Gasteiger partial charge on any atom is 0.235 e. The molecule has 0 radical (unpaired) electrons. The first-order valence-corrected chi connectivity index (χ1v) is 8.03. The lowest BCUT2D eigenvalue weighted by Crippen LogP contribution is -2.52. The highest BCUT2D eigenvalue weighted by Gasteiger charge is 2.22. The van der Waals surface area contributed by atoms with E-state index in [9.17, 15) is 9.59 Å². The minimum atomic E-state index is -0.186. The standard InChI is InChI=1S/C13H20N4O3S.ClH/c1-9-6-14-3-4-17(9)13(19)8-21-7-12(18)15-11-5-10(2)20-16-11;/h5,9,14H,3-4,6-8H2,1-2H3,(H,15,16,18);1H. The third-order valence-corrected chi connectivity index (χ3v) is 4.09. The van der Waals surface area contributed by atoms with E-state index in [1.807, 2.05) is 11.8 Å². The van der Waals surface area contributed by atoms with Crippen LogP contribution in [-0.4, -0.2) is 59.1 Å². The predicted octanol–water partition coefficient (Wildman–Crippen LogP) is 0.897. The molecule has 1 aliphatic heterocycles. The summed E-state index contributed by atoms with van der Waals surface area (Å²) >= 11 is 1.31. The van der Waals surface area contributed by atoms with E-state index in [1.165, 1.54) is 11.8 Å². The van der Waals surface area contributed by atoms with E-state index in [4.69, 9.17) is 4.52 Å². The van der Waals surface area contributed by atoms with Gasteiger partial charge in [0, 0.05) is 31.7 Å². The van der Waals surface area contributed by atoms with Crippen LogP contribution in [0, 0.1) is 6.92 Å². The summed E-state index contributed by atoms with van der Waals surface area (Å²) in [7, 11) is 0. The van der Waals surface area contributed by atoms with Crippen molar-refractivity contribution < 1.29 is 14.1 Å². The Morgan fingerprint density at radius 2 is 2.32 bits per heavy atom. The molecule has 2 N–H and O–H groups in total. The second kappa shape index (κ2) is 9.02. The van der Waals surface area contributed by atoms with Gasteiger partial charge in [0.25, 0.3) is 0 Å². The third-order valence-electron chi connectivity index (χ3n) is 3.18. The SMILES string of the molecule is Cc1cc(NC(=O)CSCC(=O)N2CCNCC2C)no1.Cl. The van der Waals surface area contributed by atoms with Crippen LogP contribution in [-0.2, 0) is 9.59 Å². The highest BCUT2D eigenvalue weighted by atomic mass is 35.5. The number of hydrogen-bond acceptors (Lipinski definition) is 6. The fourth-order valence-corrected chi connectivity index (χ4v) is 2.83. The topological polar surface area (TPSA) is 87.5 Å². The fourth-order valence-electron chi connectivity index (χ4n) is 2.13. The molecule has 0 aromatic carbocycles. The molecule has 9 heteroatoms. The van der Waals surface area contributed by atoms with Crippen molar-refractivity contribution in [3.8, 4) is 0 Å². The summed E-state index contributed by atoms with van der Waals surface area (Å²) in [6.07, 6.45) is 0. The molecule has 2 heterocycles. The Bertz CT molecular complexity index is 511. The van der Waals surface area contributed by atoms with Crippen molar-refractivity contribution in [3.63, 3.8) is 0 Å². The number of aryl methyl sites for hydroxylation is 1. The van der Waals surface area contributed by atoms with Crippen molar-refractivity contribution in [1.29, 1.82) is 0 Å². The number of nitrogens with zero attached hydrogens (tertiary/aromatic N) is 2. The van der Waals surface area contributed by atoms with Crippen LogP contribution in [0.5, 0.6) is 0 Å². The van der Waals surface area contributed by atoms with E-state index in [2.05, 4.69) is 15.8 Å². The molecule has 0 aliphatic carbocycles. The second-order valence-corrected chi connectivity index (χ2v) is 5.99. The van der Waals surface area contributed by atoms with Gasteiger partial charge in [-0.2, -0.15) is 0 Å². The Morgan fingerprint density at radius 3 is 2.95 bits per heavy atom. The van der Waals surface area contributed by atoms with E-state index in [1.54, 1.807) is 13.0 Å². The van der Waals surface area contributed by atoms with Crippen LogP contribution in [0.4, 0.5) is 5.82 Å². The number of hydrogen-bond donors (Lipinski definition) is 2. The van der Waals surface area contributed by atoms with E-state index in [0.29, 0.717) is 17.3 Å². The van der Waals surface area contributed by atoms with Gasteiger partial charge in [-0.05, 0) is 13.8 Å². The molecule has 1 saturated heterocycles. The Kier molecular flexibility index (Phi) is 7.70. The second-order valence-electron chi connectivity index (χ2n) is 5.00. The lowest BCUT2D eigenvalue weighted by molar-refractivity contribution is -0.131. The first-order valence-electron chi connectivity index (χ1n) is 6.87. The lowest BCUT2D eigenvalue weighted by atomic mass is 10.2. The normalized spacial score (nSPS) is 17.7. The maximum atomic E-state index is 12.1. The zero-order chi connectivity index (χ0) is 15.2. The van der Waals surface area contributed by atoms with Crippen LogP contribution >= 0.6 is 24.2 Å². The van der Waals surface area contributed by atoms with E-state index < -0.39 is 0 Å². The van der Waals surface area contributed by atoms with E-state index in [-0.39, 0.29) is 36.0 Å². The highest BCUT2D eigenvalue weighted by Crippen LogP contribution is 2.10. The molecule has 7 nitrogen and oxygen atoms in total. The molecule has 1 atom stereocenters. The van der Waals surface area contributed by atoms with Crippen molar-refractivity contribution in [3.05, 3.63) is 11.8 Å². The zero-order valence-electron chi connectivity index (χ0n) is 12.6. The summed E-state index contributed by atoms with van der Waals surface area (Å²) in [6.45, 7) is 6.15. The predicted molar refractivity (Wildman–Crippen MR) is 88.5 cm³/mol. The minimum Gasteiger partial charge on any atom is -0.360 e. The number of piperazine rings is 1. The summed E-state index contributed by atoms with van der Waals surface area (Å²) in [5.74, 6) is 1.47. The molecule has 1 aromatic heterocycles. The molecular formula is C13H21ClN4O3S. The number of thioether (sulfide) groups is 1. The van der Waals surface area contributed by atoms with Crippen LogP contribution in [0.3, 0.4) is 0 Å². The van der Waals surface area contributed by atoms with E-state index >= 15 is 0 Å².